The predicted molar refractivity (Wildman–Crippen MR) is 76.3 cm³/mol. The number of rotatable bonds is 4. The van der Waals surface area contributed by atoms with Crippen molar-refractivity contribution in [1.82, 2.24) is 10.3 Å². The standard InChI is InChI=1S/C13H17BrN2O4/c1-13(2,3)20-12(19)16-9(6-11(17)18)8-4-5-10(14)15-7-8/h4-5,7,9H,6H2,1-3H3,(H,16,19)(H,17,18)/t9-/m0/s1. The number of carbonyl (C=O) groups is 2. The van der Waals surface area contributed by atoms with Gasteiger partial charge in [-0.25, -0.2) is 9.78 Å². The smallest absolute Gasteiger partial charge is 0.408 e. The Bertz CT molecular complexity index is 482. The number of amides is 1. The Labute approximate surface area is 125 Å². The molecule has 0 fully saturated rings. The summed E-state index contributed by atoms with van der Waals surface area (Å²) in [5.41, 5.74) is -0.0445. The van der Waals surface area contributed by atoms with Gasteiger partial charge in [0.1, 0.15) is 10.2 Å². The van der Waals surface area contributed by atoms with Crippen molar-refractivity contribution in [3.05, 3.63) is 28.5 Å². The predicted octanol–water partition coefficient (Wildman–Crippen LogP) is 2.88. The summed E-state index contributed by atoms with van der Waals surface area (Å²) in [6, 6.07) is 2.69. The fraction of sp³-hybridized carbons (Fsp3) is 0.462. The molecule has 0 unspecified atom stereocenters. The number of aromatic nitrogens is 1. The van der Waals surface area contributed by atoms with Crippen LogP contribution in [0.1, 0.15) is 38.8 Å². The number of alkyl carbamates (subject to hydrolysis) is 1. The highest BCUT2D eigenvalue weighted by Crippen LogP contribution is 2.19. The molecule has 7 heteroatoms. The van der Waals surface area contributed by atoms with Gasteiger partial charge in [0.25, 0.3) is 0 Å². The molecule has 6 nitrogen and oxygen atoms in total. The van der Waals surface area contributed by atoms with Crippen LogP contribution in [0.3, 0.4) is 0 Å². The van der Waals surface area contributed by atoms with Crippen LogP contribution >= 0.6 is 15.9 Å². The third-order valence-electron chi connectivity index (χ3n) is 2.22. The molecule has 20 heavy (non-hydrogen) atoms. The highest BCUT2D eigenvalue weighted by Gasteiger charge is 2.22. The Morgan fingerprint density at radius 2 is 2.10 bits per heavy atom. The normalized spacial score (nSPS) is 12.6. The summed E-state index contributed by atoms with van der Waals surface area (Å²) in [6.45, 7) is 5.21. The molecule has 1 atom stereocenters. The molecule has 0 bridgehead atoms. The second-order valence-corrected chi connectivity index (χ2v) is 6.02. The average Bonchev–Trinajstić information content (AvgIpc) is 2.25. The molecule has 0 aliphatic heterocycles. The van der Waals surface area contributed by atoms with Gasteiger partial charge in [0, 0.05) is 6.20 Å². The fourth-order valence-corrected chi connectivity index (χ4v) is 1.70. The minimum Gasteiger partial charge on any atom is -0.481 e. The SMILES string of the molecule is CC(C)(C)OC(=O)N[C@@H](CC(=O)O)c1ccc(Br)nc1. The van der Waals surface area contributed by atoms with Gasteiger partial charge in [-0.2, -0.15) is 0 Å². The van der Waals surface area contributed by atoms with Gasteiger partial charge in [0.2, 0.25) is 0 Å². The number of halogens is 1. The van der Waals surface area contributed by atoms with Gasteiger partial charge in [0.15, 0.2) is 0 Å². The van der Waals surface area contributed by atoms with Crippen molar-refractivity contribution >= 4 is 28.0 Å². The van der Waals surface area contributed by atoms with Crippen molar-refractivity contribution in [1.29, 1.82) is 0 Å². The number of carbonyl (C=O) groups excluding carboxylic acids is 1. The Balaban J connectivity index is 2.82. The van der Waals surface area contributed by atoms with Crippen LogP contribution in [-0.2, 0) is 9.53 Å². The van der Waals surface area contributed by atoms with Crippen molar-refractivity contribution < 1.29 is 19.4 Å². The summed E-state index contributed by atoms with van der Waals surface area (Å²) in [5.74, 6) is -1.02. The summed E-state index contributed by atoms with van der Waals surface area (Å²) < 4.78 is 5.75. The Morgan fingerprint density at radius 1 is 1.45 bits per heavy atom. The summed E-state index contributed by atoms with van der Waals surface area (Å²) in [7, 11) is 0. The van der Waals surface area contributed by atoms with Crippen LogP contribution in [0.5, 0.6) is 0 Å². The van der Waals surface area contributed by atoms with Crippen molar-refractivity contribution in [2.45, 2.75) is 38.8 Å². The van der Waals surface area contributed by atoms with Crippen LogP contribution in [0.2, 0.25) is 0 Å². The maximum Gasteiger partial charge on any atom is 0.408 e. The van der Waals surface area contributed by atoms with Crippen LogP contribution in [0.15, 0.2) is 22.9 Å². The molecule has 1 amide bonds. The number of pyridine rings is 1. The highest BCUT2D eigenvalue weighted by molar-refractivity contribution is 9.10. The van der Waals surface area contributed by atoms with E-state index in [0.29, 0.717) is 10.2 Å². The lowest BCUT2D eigenvalue weighted by molar-refractivity contribution is -0.137. The molecule has 0 spiro atoms. The molecule has 1 rings (SSSR count). The number of carboxylic acids is 1. The molecule has 1 heterocycles. The summed E-state index contributed by atoms with van der Waals surface area (Å²) in [6.07, 6.45) is 0.601. The van der Waals surface area contributed by atoms with Crippen molar-refractivity contribution in [2.75, 3.05) is 0 Å². The van der Waals surface area contributed by atoms with E-state index in [1.807, 2.05) is 0 Å². The first-order chi connectivity index (χ1) is 9.17. The first-order valence-electron chi connectivity index (χ1n) is 6.00. The lowest BCUT2D eigenvalue weighted by atomic mass is 10.1. The van der Waals surface area contributed by atoms with Crippen LogP contribution in [0.25, 0.3) is 0 Å². The first-order valence-corrected chi connectivity index (χ1v) is 6.79. The van der Waals surface area contributed by atoms with Crippen molar-refractivity contribution in [3.63, 3.8) is 0 Å². The maximum atomic E-state index is 11.7. The Kier molecular flexibility index (Phi) is 5.50. The van der Waals surface area contributed by atoms with Gasteiger partial charge in [-0.05, 0) is 48.3 Å². The van der Waals surface area contributed by atoms with E-state index in [2.05, 4.69) is 26.2 Å². The van der Waals surface area contributed by atoms with Gasteiger partial charge >= 0.3 is 12.1 Å². The van der Waals surface area contributed by atoms with E-state index in [1.54, 1.807) is 32.9 Å². The molecule has 0 saturated carbocycles. The van der Waals surface area contributed by atoms with Gasteiger partial charge in [0.05, 0.1) is 12.5 Å². The minimum atomic E-state index is -1.02. The van der Waals surface area contributed by atoms with E-state index < -0.39 is 23.7 Å². The van der Waals surface area contributed by atoms with E-state index >= 15 is 0 Å². The van der Waals surface area contributed by atoms with E-state index in [0.717, 1.165) is 0 Å². The first kappa shape index (κ1) is 16.4. The van der Waals surface area contributed by atoms with Gasteiger partial charge in [-0.3, -0.25) is 4.79 Å². The van der Waals surface area contributed by atoms with E-state index in [9.17, 15) is 9.59 Å². The quantitative estimate of drug-likeness (QED) is 0.819. The topological polar surface area (TPSA) is 88.5 Å². The molecule has 1 aromatic rings. The molecule has 1 aromatic heterocycles. The van der Waals surface area contributed by atoms with Gasteiger partial charge in [-0.1, -0.05) is 6.07 Å². The van der Waals surface area contributed by atoms with E-state index in [4.69, 9.17) is 9.84 Å². The molecule has 0 aliphatic rings. The van der Waals surface area contributed by atoms with Crippen LogP contribution in [0, 0.1) is 0 Å². The summed E-state index contributed by atoms with van der Waals surface area (Å²) in [4.78, 5) is 26.7. The lowest BCUT2D eigenvalue weighted by Gasteiger charge is -2.23. The molecule has 0 aromatic carbocycles. The zero-order chi connectivity index (χ0) is 15.3. The monoisotopic (exact) mass is 344 g/mol. The highest BCUT2D eigenvalue weighted by atomic mass is 79.9. The zero-order valence-electron chi connectivity index (χ0n) is 11.5. The minimum absolute atomic E-state index is 0.247. The number of nitrogens with zero attached hydrogens (tertiary/aromatic N) is 1. The van der Waals surface area contributed by atoms with Crippen LogP contribution in [-0.4, -0.2) is 27.8 Å². The third-order valence-corrected chi connectivity index (χ3v) is 2.69. The lowest BCUT2D eigenvalue weighted by Crippen LogP contribution is -2.35. The molecule has 110 valence electrons. The number of hydrogen-bond donors (Lipinski definition) is 2. The molecule has 0 aliphatic carbocycles. The second-order valence-electron chi connectivity index (χ2n) is 5.21. The van der Waals surface area contributed by atoms with Crippen molar-refractivity contribution in [2.24, 2.45) is 0 Å². The van der Waals surface area contributed by atoms with Gasteiger partial charge < -0.3 is 15.2 Å². The Morgan fingerprint density at radius 3 is 2.55 bits per heavy atom. The average molecular weight is 345 g/mol. The van der Waals surface area contributed by atoms with E-state index in [1.165, 1.54) is 6.20 Å². The molecular formula is C13H17BrN2O4. The second kappa shape index (κ2) is 6.69. The Hall–Kier alpha value is -1.63. The van der Waals surface area contributed by atoms with Crippen LogP contribution in [0.4, 0.5) is 4.79 Å². The number of ether oxygens (including phenoxy) is 1. The fourth-order valence-electron chi connectivity index (χ4n) is 1.47. The number of carboxylic acid groups (broad SMARTS) is 1. The maximum absolute atomic E-state index is 11.7. The van der Waals surface area contributed by atoms with Gasteiger partial charge in [-0.15, -0.1) is 0 Å². The molecule has 2 N–H and O–H groups in total. The zero-order valence-corrected chi connectivity index (χ0v) is 13.1. The molecule has 0 radical (unpaired) electrons. The third kappa shape index (κ3) is 6.01. The molecular weight excluding hydrogens is 328 g/mol. The number of aliphatic carboxylic acids is 1. The largest absolute Gasteiger partial charge is 0.481 e. The van der Waals surface area contributed by atoms with E-state index in [-0.39, 0.29) is 6.42 Å². The number of hydrogen-bond acceptors (Lipinski definition) is 4. The summed E-state index contributed by atoms with van der Waals surface area (Å²) in [5, 5.41) is 11.5. The summed E-state index contributed by atoms with van der Waals surface area (Å²) >= 11 is 3.20. The van der Waals surface area contributed by atoms with Crippen LogP contribution < -0.4 is 5.32 Å². The van der Waals surface area contributed by atoms with Crippen molar-refractivity contribution in [3.8, 4) is 0 Å². The number of nitrogens with one attached hydrogen (secondary N) is 1. The molecule has 0 saturated heterocycles.